The van der Waals surface area contributed by atoms with Crippen LogP contribution >= 0.6 is 11.3 Å². The number of nitrogens with zero attached hydrogens (tertiary/aromatic N) is 1. The number of ether oxygens (including phenoxy) is 1. The quantitative estimate of drug-likeness (QED) is 0.159. The SMILES string of the molecule is COc1ccc(C=CC=Cc2ccc(N(C=C(c3ccccc3)c3ccccc3)c3ccc(C)s3)c3ccccc23)cc1. The van der Waals surface area contributed by atoms with Gasteiger partial charge in [-0.1, -0.05) is 127 Å². The molecule has 0 N–H and O–H groups in total. The van der Waals surface area contributed by atoms with Gasteiger partial charge in [0.25, 0.3) is 0 Å². The summed E-state index contributed by atoms with van der Waals surface area (Å²) in [6, 6.07) is 46.9. The first kappa shape index (κ1) is 28.0. The third-order valence-electron chi connectivity index (χ3n) is 7.38. The molecule has 43 heavy (non-hydrogen) atoms. The average Bonchev–Trinajstić information content (AvgIpc) is 3.50. The molecule has 0 atom stereocenters. The Labute approximate surface area is 258 Å². The van der Waals surface area contributed by atoms with Crippen molar-refractivity contribution in [3.63, 3.8) is 0 Å². The van der Waals surface area contributed by atoms with Gasteiger partial charge in [0.15, 0.2) is 0 Å². The van der Waals surface area contributed by atoms with Crippen LogP contribution in [0.5, 0.6) is 5.75 Å². The third-order valence-corrected chi connectivity index (χ3v) is 8.38. The molecule has 0 radical (unpaired) electrons. The van der Waals surface area contributed by atoms with Gasteiger partial charge in [-0.2, -0.15) is 0 Å². The van der Waals surface area contributed by atoms with Gasteiger partial charge < -0.3 is 9.64 Å². The maximum Gasteiger partial charge on any atom is 0.118 e. The maximum absolute atomic E-state index is 5.27. The van der Waals surface area contributed by atoms with Crippen molar-refractivity contribution >= 4 is 50.5 Å². The van der Waals surface area contributed by atoms with E-state index in [-0.39, 0.29) is 0 Å². The number of hydrogen-bond donors (Lipinski definition) is 0. The standard InChI is InChI=1S/C40H33NOS/c1-30-21-28-40(43-30)41(29-38(32-14-5-3-6-15-32)33-16-7-4-8-17-33)39-27-24-34(36-19-11-12-20-37(36)39)18-10-9-13-31-22-25-35(42-2)26-23-31/h3-29H,1-2H3. The van der Waals surface area contributed by atoms with Crippen LogP contribution in [0, 0.1) is 6.92 Å². The molecule has 6 rings (SSSR count). The monoisotopic (exact) mass is 575 g/mol. The predicted octanol–water partition coefficient (Wildman–Crippen LogP) is 11.2. The lowest BCUT2D eigenvalue weighted by atomic mass is 9.98. The molecule has 0 saturated carbocycles. The molecule has 0 unspecified atom stereocenters. The molecule has 6 aromatic rings. The van der Waals surface area contributed by atoms with Crippen LogP contribution in [0.4, 0.5) is 10.7 Å². The summed E-state index contributed by atoms with van der Waals surface area (Å²) >= 11 is 1.80. The van der Waals surface area contributed by atoms with E-state index < -0.39 is 0 Å². The Balaban J connectivity index is 1.43. The largest absolute Gasteiger partial charge is 0.497 e. The lowest BCUT2D eigenvalue weighted by molar-refractivity contribution is 0.415. The van der Waals surface area contributed by atoms with E-state index in [4.69, 9.17) is 4.74 Å². The van der Waals surface area contributed by atoms with E-state index in [2.05, 4.69) is 164 Å². The zero-order valence-electron chi connectivity index (χ0n) is 24.4. The molecule has 3 heteroatoms. The summed E-state index contributed by atoms with van der Waals surface area (Å²) in [7, 11) is 1.69. The Morgan fingerprint density at radius 1 is 0.628 bits per heavy atom. The summed E-state index contributed by atoms with van der Waals surface area (Å²) in [4.78, 5) is 3.63. The summed E-state index contributed by atoms with van der Waals surface area (Å²) in [6.45, 7) is 2.16. The smallest absolute Gasteiger partial charge is 0.118 e. The van der Waals surface area contributed by atoms with Crippen LogP contribution in [0.25, 0.3) is 28.5 Å². The molecule has 0 aliphatic heterocycles. The topological polar surface area (TPSA) is 12.5 Å². The summed E-state index contributed by atoms with van der Waals surface area (Å²) < 4.78 is 5.27. The highest BCUT2D eigenvalue weighted by Gasteiger charge is 2.16. The minimum Gasteiger partial charge on any atom is -0.497 e. The summed E-state index contributed by atoms with van der Waals surface area (Å²) in [5.41, 5.74) is 6.99. The van der Waals surface area contributed by atoms with Gasteiger partial charge in [-0.3, -0.25) is 0 Å². The van der Waals surface area contributed by atoms with Crippen LogP contribution in [0.1, 0.15) is 27.1 Å². The Morgan fingerprint density at radius 2 is 1.26 bits per heavy atom. The van der Waals surface area contributed by atoms with Crippen molar-refractivity contribution in [3.8, 4) is 5.75 Å². The number of anilines is 2. The van der Waals surface area contributed by atoms with Gasteiger partial charge in [-0.15, -0.1) is 11.3 Å². The molecule has 0 aliphatic carbocycles. The average molecular weight is 576 g/mol. The molecule has 0 amide bonds. The van der Waals surface area contributed by atoms with E-state index in [9.17, 15) is 0 Å². The zero-order chi connectivity index (χ0) is 29.4. The highest BCUT2D eigenvalue weighted by atomic mass is 32.1. The van der Waals surface area contributed by atoms with E-state index in [0.29, 0.717) is 0 Å². The predicted molar refractivity (Wildman–Crippen MR) is 186 cm³/mol. The van der Waals surface area contributed by atoms with Gasteiger partial charge in [0.2, 0.25) is 0 Å². The number of aryl methyl sites for hydroxylation is 1. The van der Waals surface area contributed by atoms with Crippen molar-refractivity contribution in [3.05, 3.63) is 179 Å². The summed E-state index contributed by atoms with van der Waals surface area (Å²) in [6.07, 6.45) is 10.8. The van der Waals surface area contributed by atoms with Crippen LogP contribution in [-0.4, -0.2) is 7.11 Å². The van der Waals surface area contributed by atoms with Crippen LogP contribution in [-0.2, 0) is 0 Å². The maximum atomic E-state index is 5.27. The Hall–Kier alpha value is -5.12. The minimum atomic E-state index is 0.862. The lowest BCUT2D eigenvalue weighted by Crippen LogP contribution is -2.09. The molecular weight excluding hydrogens is 543 g/mol. The highest BCUT2D eigenvalue weighted by Crippen LogP contribution is 2.39. The molecule has 1 heterocycles. The minimum absolute atomic E-state index is 0.862. The Kier molecular flexibility index (Phi) is 8.63. The third kappa shape index (κ3) is 6.53. The molecule has 210 valence electrons. The van der Waals surface area contributed by atoms with E-state index in [1.54, 1.807) is 18.4 Å². The van der Waals surface area contributed by atoms with Crippen LogP contribution in [0.3, 0.4) is 0 Å². The zero-order valence-corrected chi connectivity index (χ0v) is 25.2. The van der Waals surface area contributed by atoms with Crippen LogP contribution in [0.2, 0.25) is 0 Å². The van der Waals surface area contributed by atoms with Gasteiger partial charge in [-0.05, 0) is 64.9 Å². The fraction of sp³-hybridized carbons (Fsp3) is 0.0500. The fourth-order valence-electron chi connectivity index (χ4n) is 5.19. The molecule has 5 aromatic carbocycles. The van der Waals surface area contributed by atoms with Crippen LogP contribution < -0.4 is 9.64 Å². The second-order valence-corrected chi connectivity index (χ2v) is 11.5. The Morgan fingerprint density at radius 3 is 1.88 bits per heavy atom. The highest BCUT2D eigenvalue weighted by molar-refractivity contribution is 7.16. The van der Waals surface area contributed by atoms with E-state index >= 15 is 0 Å². The fourth-order valence-corrected chi connectivity index (χ4v) is 6.04. The van der Waals surface area contributed by atoms with Crippen molar-refractivity contribution in [1.29, 1.82) is 0 Å². The number of fused-ring (bicyclic) bond motifs is 1. The second kappa shape index (κ2) is 13.2. The second-order valence-electron chi connectivity index (χ2n) is 10.2. The van der Waals surface area contributed by atoms with Gasteiger partial charge in [0.05, 0.1) is 17.8 Å². The number of benzene rings is 5. The van der Waals surface area contributed by atoms with Gasteiger partial charge in [0, 0.05) is 22.0 Å². The van der Waals surface area contributed by atoms with E-state index in [0.717, 1.165) is 17.0 Å². The molecule has 1 aromatic heterocycles. The molecule has 0 fully saturated rings. The number of hydrogen-bond acceptors (Lipinski definition) is 3. The van der Waals surface area contributed by atoms with Crippen molar-refractivity contribution in [2.24, 2.45) is 0 Å². The summed E-state index contributed by atoms with van der Waals surface area (Å²) in [5, 5.41) is 3.59. The van der Waals surface area contributed by atoms with Crippen molar-refractivity contribution < 1.29 is 4.74 Å². The first-order chi connectivity index (χ1) is 21.2. The first-order valence-electron chi connectivity index (χ1n) is 14.4. The molecule has 2 nitrogen and oxygen atoms in total. The molecule has 0 saturated heterocycles. The Bertz CT molecular complexity index is 1860. The van der Waals surface area contributed by atoms with E-state index in [1.165, 1.54) is 42.9 Å². The van der Waals surface area contributed by atoms with Gasteiger partial charge >= 0.3 is 0 Å². The number of rotatable bonds is 9. The summed E-state index contributed by atoms with van der Waals surface area (Å²) in [5.74, 6) is 0.862. The molecule has 0 aliphatic rings. The van der Waals surface area contributed by atoms with Crippen LogP contribution in [0.15, 0.2) is 152 Å². The number of methoxy groups -OCH3 is 1. The van der Waals surface area contributed by atoms with E-state index in [1.807, 2.05) is 12.1 Å². The number of thiophene rings is 1. The molecule has 0 spiro atoms. The van der Waals surface area contributed by atoms with Gasteiger partial charge in [-0.25, -0.2) is 0 Å². The number of allylic oxidation sites excluding steroid dienone is 2. The lowest BCUT2D eigenvalue weighted by Gasteiger charge is -2.24. The van der Waals surface area contributed by atoms with Gasteiger partial charge in [0.1, 0.15) is 5.75 Å². The normalized spacial score (nSPS) is 11.3. The molecule has 0 bridgehead atoms. The van der Waals surface area contributed by atoms with Crippen molar-refractivity contribution in [2.75, 3.05) is 12.0 Å². The molecular formula is C40H33NOS. The first-order valence-corrected chi connectivity index (χ1v) is 15.2. The van der Waals surface area contributed by atoms with Crippen molar-refractivity contribution in [2.45, 2.75) is 6.92 Å². The van der Waals surface area contributed by atoms with Crippen molar-refractivity contribution in [1.82, 2.24) is 0 Å².